The second-order valence-electron chi connectivity index (χ2n) is 5.36. The van der Waals surface area contributed by atoms with Crippen molar-refractivity contribution in [1.29, 1.82) is 0 Å². The smallest absolute Gasteiger partial charge is 0.358 e. The maximum Gasteiger partial charge on any atom is 0.425 e. The Morgan fingerprint density at radius 1 is 1.20 bits per heavy atom. The molecule has 0 bridgehead atoms. The van der Waals surface area contributed by atoms with E-state index in [2.05, 4.69) is 0 Å². The summed E-state index contributed by atoms with van der Waals surface area (Å²) in [6.45, 7) is 1.44. The van der Waals surface area contributed by atoms with Gasteiger partial charge in [-0.15, -0.1) is 23.2 Å². The summed E-state index contributed by atoms with van der Waals surface area (Å²) in [5, 5.41) is 9.78. The van der Waals surface area contributed by atoms with Crippen molar-refractivity contribution >= 4 is 34.6 Å². The lowest BCUT2D eigenvalue weighted by molar-refractivity contribution is -0.392. The average Bonchev–Trinajstić information content (AvgIpc) is 2.82. The first-order chi connectivity index (χ1) is 11.2. The van der Waals surface area contributed by atoms with E-state index in [-0.39, 0.29) is 5.57 Å². The Hall–Kier alpha value is -1.68. The molecule has 1 heterocycles. The van der Waals surface area contributed by atoms with E-state index in [0.29, 0.717) is 0 Å². The first-order valence-corrected chi connectivity index (χ1v) is 7.27. The third-order valence-corrected chi connectivity index (χ3v) is 4.52. The summed E-state index contributed by atoms with van der Waals surface area (Å²) in [4.78, 5) is 9.72. The molecule has 0 amide bonds. The van der Waals surface area contributed by atoms with Crippen LogP contribution in [0.25, 0.3) is 5.57 Å². The van der Waals surface area contributed by atoms with Gasteiger partial charge < -0.3 is 10.1 Å². The highest BCUT2D eigenvalue weighted by Gasteiger charge is 2.53. The van der Waals surface area contributed by atoms with Crippen molar-refractivity contribution in [3.63, 3.8) is 0 Å². The SMILES string of the molecule is CC1(Cl)C=CC(c2[nH]c([N+](=O)[O-])c(C(F)(F)F)c2C(F)(F)F)=CC1Cl. The van der Waals surface area contributed by atoms with Gasteiger partial charge in [-0.3, -0.25) is 0 Å². The zero-order valence-electron chi connectivity index (χ0n) is 12.1. The molecule has 1 aliphatic rings. The fraction of sp³-hybridized carbons (Fsp3) is 0.385. The van der Waals surface area contributed by atoms with E-state index >= 15 is 0 Å². The first kappa shape index (κ1) is 19.6. The molecule has 2 unspecified atom stereocenters. The molecule has 138 valence electrons. The van der Waals surface area contributed by atoms with E-state index in [1.165, 1.54) is 13.0 Å². The molecule has 1 aromatic rings. The third-order valence-electron chi connectivity index (χ3n) is 3.47. The van der Waals surface area contributed by atoms with Gasteiger partial charge in [-0.2, -0.15) is 26.3 Å². The van der Waals surface area contributed by atoms with Crippen molar-refractivity contribution in [2.75, 3.05) is 0 Å². The van der Waals surface area contributed by atoms with Gasteiger partial charge in [0.15, 0.2) is 5.56 Å². The molecule has 0 spiro atoms. The fourth-order valence-electron chi connectivity index (χ4n) is 2.29. The molecular weight excluding hydrogens is 401 g/mol. The van der Waals surface area contributed by atoms with Crippen LogP contribution in [-0.4, -0.2) is 20.2 Å². The number of halogens is 8. The lowest BCUT2D eigenvalue weighted by Crippen LogP contribution is -2.27. The number of nitrogens with zero attached hydrogens (tertiary/aromatic N) is 1. The average molecular weight is 409 g/mol. The molecule has 0 aliphatic heterocycles. The molecule has 12 heteroatoms. The maximum absolute atomic E-state index is 13.3. The minimum Gasteiger partial charge on any atom is -0.358 e. The standard InChI is InChI=1S/C13H8Cl2F6N2O2/c1-11(15)3-2-5(4-6(11)14)9-7(12(16,17)18)8(13(19,20)21)10(22-9)23(24)25/h2-4,6,22H,1H3. The fourth-order valence-corrected chi connectivity index (χ4v) is 2.62. The first-order valence-electron chi connectivity index (χ1n) is 6.45. The van der Waals surface area contributed by atoms with Crippen LogP contribution in [-0.2, 0) is 12.4 Å². The molecule has 0 aromatic carbocycles. The lowest BCUT2D eigenvalue weighted by Gasteiger charge is -2.25. The van der Waals surface area contributed by atoms with Crippen LogP contribution < -0.4 is 0 Å². The Kier molecular flexibility index (Phi) is 4.67. The van der Waals surface area contributed by atoms with Crippen molar-refractivity contribution in [2.45, 2.75) is 29.5 Å². The topological polar surface area (TPSA) is 58.9 Å². The van der Waals surface area contributed by atoms with Gasteiger partial charge in [0.1, 0.15) is 11.3 Å². The Balaban J connectivity index is 2.80. The number of nitro groups is 1. The van der Waals surface area contributed by atoms with E-state index in [1.807, 2.05) is 0 Å². The maximum atomic E-state index is 13.3. The molecule has 4 nitrogen and oxygen atoms in total. The van der Waals surface area contributed by atoms with Crippen LogP contribution in [0, 0.1) is 10.1 Å². The van der Waals surface area contributed by atoms with Gasteiger partial charge in [0.25, 0.3) is 0 Å². The molecule has 0 fully saturated rings. The van der Waals surface area contributed by atoms with E-state index < -0.39 is 50.2 Å². The van der Waals surface area contributed by atoms with E-state index in [9.17, 15) is 36.5 Å². The number of rotatable bonds is 2. The van der Waals surface area contributed by atoms with Gasteiger partial charge in [0.05, 0.1) is 10.3 Å². The summed E-state index contributed by atoms with van der Waals surface area (Å²) in [7, 11) is 0. The highest BCUT2D eigenvalue weighted by molar-refractivity contribution is 6.34. The summed E-state index contributed by atoms with van der Waals surface area (Å²) in [6, 6.07) is 0. The number of hydrogen-bond acceptors (Lipinski definition) is 2. The molecule has 25 heavy (non-hydrogen) atoms. The summed E-state index contributed by atoms with van der Waals surface area (Å²) in [5.74, 6) is -1.80. The Bertz CT molecular complexity index is 777. The Labute approximate surface area is 146 Å². The summed E-state index contributed by atoms with van der Waals surface area (Å²) in [6.07, 6.45) is -7.87. The number of nitrogens with one attached hydrogen (secondary N) is 1. The Morgan fingerprint density at radius 3 is 2.12 bits per heavy atom. The second kappa shape index (κ2) is 5.94. The van der Waals surface area contributed by atoms with Crippen LogP contribution in [0.15, 0.2) is 18.2 Å². The minimum atomic E-state index is -5.59. The largest absolute Gasteiger partial charge is 0.425 e. The van der Waals surface area contributed by atoms with E-state index in [1.54, 1.807) is 4.98 Å². The predicted molar refractivity (Wildman–Crippen MR) is 78.5 cm³/mol. The monoisotopic (exact) mass is 408 g/mol. The predicted octanol–water partition coefficient (Wildman–Crippen LogP) is 5.52. The van der Waals surface area contributed by atoms with Crippen molar-refractivity contribution < 1.29 is 31.3 Å². The van der Waals surface area contributed by atoms with Crippen molar-refractivity contribution in [3.05, 3.63) is 45.2 Å². The van der Waals surface area contributed by atoms with Crippen LogP contribution in [0.2, 0.25) is 0 Å². The Morgan fingerprint density at radius 2 is 1.72 bits per heavy atom. The molecule has 0 saturated carbocycles. The quantitative estimate of drug-likeness (QED) is 0.303. The van der Waals surface area contributed by atoms with Crippen LogP contribution in [0.1, 0.15) is 23.7 Å². The third kappa shape index (κ3) is 3.64. The van der Waals surface area contributed by atoms with Crippen molar-refractivity contribution in [3.8, 4) is 0 Å². The highest BCUT2D eigenvalue weighted by atomic mass is 35.5. The molecule has 1 aromatic heterocycles. The van der Waals surface area contributed by atoms with E-state index in [0.717, 1.165) is 12.2 Å². The summed E-state index contributed by atoms with van der Waals surface area (Å²) in [5.41, 5.74) is -6.05. The molecular formula is C13H8Cl2F6N2O2. The molecule has 2 atom stereocenters. The van der Waals surface area contributed by atoms with Crippen LogP contribution in [0.4, 0.5) is 32.2 Å². The van der Waals surface area contributed by atoms with Gasteiger partial charge in [0, 0.05) is 5.57 Å². The van der Waals surface area contributed by atoms with Gasteiger partial charge in [0.2, 0.25) is 0 Å². The number of aromatic nitrogens is 1. The molecule has 0 saturated heterocycles. The number of alkyl halides is 8. The van der Waals surface area contributed by atoms with Gasteiger partial charge in [-0.05, 0) is 11.8 Å². The lowest BCUT2D eigenvalue weighted by atomic mass is 9.93. The van der Waals surface area contributed by atoms with Gasteiger partial charge >= 0.3 is 18.2 Å². The van der Waals surface area contributed by atoms with Gasteiger partial charge in [-0.1, -0.05) is 18.2 Å². The van der Waals surface area contributed by atoms with Crippen molar-refractivity contribution in [1.82, 2.24) is 4.98 Å². The van der Waals surface area contributed by atoms with E-state index in [4.69, 9.17) is 23.2 Å². The highest BCUT2D eigenvalue weighted by Crippen LogP contribution is 2.49. The number of H-pyrrole nitrogens is 1. The number of aromatic amines is 1. The van der Waals surface area contributed by atoms with Crippen LogP contribution in [0.3, 0.4) is 0 Å². The van der Waals surface area contributed by atoms with Crippen molar-refractivity contribution in [2.24, 2.45) is 0 Å². The minimum absolute atomic E-state index is 0.385. The van der Waals surface area contributed by atoms with Gasteiger partial charge in [-0.25, -0.2) is 4.98 Å². The number of hydrogen-bond donors (Lipinski definition) is 1. The summed E-state index contributed by atoms with van der Waals surface area (Å²) < 4.78 is 79.0. The number of allylic oxidation sites excluding steroid dienone is 4. The molecule has 1 N–H and O–H groups in total. The van der Waals surface area contributed by atoms with Crippen LogP contribution in [0.5, 0.6) is 0 Å². The second-order valence-corrected chi connectivity index (χ2v) is 6.64. The summed E-state index contributed by atoms with van der Waals surface area (Å²) >= 11 is 11.9. The zero-order chi connectivity index (χ0) is 19.4. The molecule has 0 radical (unpaired) electrons. The zero-order valence-corrected chi connectivity index (χ0v) is 13.6. The molecule has 2 rings (SSSR count). The molecule has 1 aliphatic carbocycles. The normalized spacial score (nSPS) is 24.4. The van der Waals surface area contributed by atoms with Crippen LogP contribution >= 0.6 is 23.2 Å².